The second-order valence-corrected chi connectivity index (χ2v) is 4.74. The first-order chi connectivity index (χ1) is 11.4. The summed E-state index contributed by atoms with van der Waals surface area (Å²) >= 11 is 0. The minimum atomic E-state index is -0.723. The van der Waals surface area contributed by atoms with Crippen molar-refractivity contribution in [2.24, 2.45) is 0 Å². The Morgan fingerprint density at radius 2 is 1.75 bits per heavy atom. The predicted octanol–water partition coefficient (Wildman–Crippen LogP) is 2.90. The number of non-ortho nitro benzene ring substituents is 1. The van der Waals surface area contributed by atoms with E-state index in [9.17, 15) is 25.0 Å². The Kier molecular flexibility index (Phi) is 5.05. The van der Waals surface area contributed by atoms with Crippen LogP contribution < -0.4 is 5.32 Å². The van der Waals surface area contributed by atoms with Gasteiger partial charge in [-0.05, 0) is 29.8 Å². The van der Waals surface area contributed by atoms with Crippen LogP contribution in [0.15, 0.2) is 42.5 Å². The van der Waals surface area contributed by atoms with Crippen molar-refractivity contribution in [3.8, 4) is 0 Å². The van der Waals surface area contributed by atoms with Gasteiger partial charge in [0.25, 0.3) is 11.4 Å². The van der Waals surface area contributed by atoms with Crippen LogP contribution in [0.1, 0.15) is 15.9 Å². The fourth-order valence-electron chi connectivity index (χ4n) is 1.97. The van der Waals surface area contributed by atoms with Gasteiger partial charge in [-0.1, -0.05) is 0 Å². The van der Waals surface area contributed by atoms with Gasteiger partial charge in [0, 0.05) is 25.2 Å². The van der Waals surface area contributed by atoms with E-state index in [1.54, 1.807) is 0 Å². The first kappa shape index (κ1) is 16.9. The molecule has 2 aromatic carbocycles. The number of rotatable bonds is 6. The zero-order chi connectivity index (χ0) is 17.7. The topological polar surface area (TPSA) is 125 Å². The minimum absolute atomic E-state index is 0.0441. The summed E-state index contributed by atoms with van der Waals surface area (Å²) in [4.78, 5) is 32.4. The van der Waals surface area contributed by atoms with Crippen molar-refractivity contribution < 1.29 is 19.4 Å². The number of esters is 1. The van der Waals surface area contributed by atoms with Crippen LogP contribution in [0.3, 0.4) is 0 Å². The lowest BCUT2D eigenvalue weighted by Crippen LogP contribution is -2.07. The van der Waals surface area contributed by atoms with E-state index < -0.39 is 15.8 Å². The molecule has 0 aromatic heterocycles. The molecule has 124 valence electrons. The maximum atomic E-state index is 12.0. The summed E-state index contributed by atoms with van der Waals surface area (Å²) in [7, 11) is 1.54. The Hall–Kier alpha value is -3.49. The number of hydrogen-bond acceptors (Lipinski definition) is 7. The van der Waals surface area contributed by atoms with Gasteiger partial charge in [0.2, 0.25) is 0 Å². The van der Waals surface area contributed by atoms with Crippen LogP contribution in [0.2, 0.25) is 0 Å². The number of nitro groups is 2. The summed E-state index contributed by atoms with van der Waals surface area (Å²) in [5.74, 6) is -0.723. The van der Waals surface area contributed by atoms with Gasteiger partial charge in [-0.15, -0.1) is 0 Å². The van der Waals surface area contributed by atoms with Gasteiger partial charge in [-0.3, -0.25) is 20.2 Å². The van der Waals surface area contributed by atoms with Gasteiger partial charge < -0.3 is 10.1 Å². The molecule has 0 amide bonds. The fraction of sp³-hybridized carbons (Fsp3) is 0.133. The monoisotopic (exact) mass is 331 g/mol. The maximum Gasteiger partial charge on any atom is 0.338 e. The lowest BCUT2D eigenvalue weighted by Gasteiger charge is -2.07. The smallest absolute Gasteiger partial charge is 0.338 e. The van der Waals surface area contributed by atoms with Gasteiger partial charge in [0.05, 0.1) is 15.4 Å². The first-order valence-corrected chi connectivity index (χ1v) is 6.79. The first-order valence-electron chi connectivity index (χ1n) is 6.79. The van der Waals surface area contributed by atoms with E-state index in [-0.39, 0.29) is 29.2 Å². The van der Waals surface area contributed by atoms with Gasteiger partial charge in [-0.2, -0.15) is 0 Å². The molecule has 0 bridgehead atoms. The van der Waals surface area contributed by atoms with E-state index in [1.165, 1.54) is 43.4 Å². The predicted molar refractivity (Wildman–Crippen MR) is 84.9 cm³/mol. The third-order valence-corrected chi connectivity index (χ3v) is 3.22. The molecule has 0 aliphatic heterocycles. The largest absolute Gasteiger partial charge is 0.457 e. The van der Waals surface area contributed by atoms with Crippen LogP contribution in [-0.4, -0.2) is 22.9 Å². The van der Waals surface area contributed by atoms with Crippen molar-refractivity contribution in [1.29, 1.82) is 0 Å². The highest BCUT2D eigenvalue weighted by molar-refractivity contribution is 5.91. The summed E-state index contributed by atoms with van der Waals surface area (Å²) in [6, 6.07) is 9.50. The number of carbonyl (C=O) groups is 1. The molecule has 0 fully saturated rings. The molecule has 0 saturated heterocycles. The highest BCUT2D eigenvalue weighted by Gasteiger charge is 2.17. The van der Waals surface area contributed by atoms with Crippen LogP contribution in [-0.2, 0) is 11.3 Å². The Morgan fingerprint density at radius 1 is 1.08 bits per heavy atom. The van der Waals surface area contributed by atoms with Crippen molar-refractivity contribution >= 4 is 23.0 Å². The maximum absolute atomic E-state index is 12.0. The minimum Gasteiger partial charge on any atom is -0.457 e. The summed E-state index contributed by atoms with van der Waals surface area (Å²) in [5, 5.41) is 24.2. The molecule has 1 N–H and O–H groups in total. The lowest BCUT2D eigenvalue weighted by molar-refractivity contribution is -0.384. The number of nitro benzene ring substituents is 2. The molecule has 2 rings (SSSR count). The van der Waals surface area contributed by atoms with Gasteiger partial charge in [0.15, 0.2) is 0 Å². The average molecular weight is 331 g/mol. The van der Waals surface area contributed by atoms with Crippen molar-refractivity contribution in [3.63, 3.8) is 0 Å². The number of carbonyl (C=O) groups excluding carboxylic acids is 1. The Bertz CT molecular complexity index is 788. The molecule has 0 radical (unpaired) electrons. The number of ether oxygens (including phenoxy) is 1. The summed E-state index contributed by atoms with van der Waals surface area (Å²) in [6.45, 7) is -0.0988. The summed E-state index contributed by atoms with van der Waals surface area (Å²) < 4.78 is 5.07. The van der Waals surface area contributed by atoms with Crippen molar-refractivity contribution in [3.05, 3.63) is 73.8 Å². The van der Waals surface area contributed by atoms with Crippen LogP contribution in [0.4, 0.5) is 17.1 Å². The second kappa shape index (κ2) is 7.18. The molecule has 24 heavy (non-hydrogen) atoms. The van der Waals surface area contributed by atoms with E-state index in [4.69, 9.17) is 4.74 Å². The molecule has 2 aromatic rings. The fourth-order valence-corrected chi connectivity index (χ4v) is 1.97. The van der Waals surface area contributed by atoms with Crippen molar-refractivity contribution in [2.45, 2.75) is 6.61 Å². The molecule has 0 atom stereocenters. The van der Waals surface area contributed by atoms with E-state index in [0.29, 0.717) is 5.56 Å². The van der Waals surface area contributed by atoms with E-state index in [2.05, 4.69) is 5.32 Å². The van der Waals surface area contributed by atoms with E-state index in [1.807, 2.05) is 0 Å². The zero-order valence-electron chi connectivity index (χ0n) is 12.6. The quantitative estimate of drug-likeness (QED) is 0.490. The number of anilines is 1. The molecule has 0 unspecified atom stereocenters. The van der Waals surface area contributed by atoms with Crippen LogP contribution in [0.5, 0.6) is 0 Å². The molecule has 9 nitrogen and oxygen atoms in total. The van der Waals surface area contributed by atoms with Gasteiger partial charge in [-0.25, -0.2) is 4.79 Å². The standard InChI is InChI=1S/C15H13N3O6/c1-16-13-7-4-11(8-14(13)18(22)23)15(19)24-9-10-2-5-12(6-3-10)17(20)21/h2-8,16H,9H2,1H3. The Morgan fingerprint density at radius 3 is 2.29 bits per heavy atom. The molecule has 0 saturated carbocycles. The Labute approximate surface area is 136 Å². The molecule has 0 spiro atoms. The average Bonchev–Trinajstić information content (AvgIpc) is 2.59. The van der Waals surface area contributed by atoms with Gasteiger partial charge >= 0.3 is 5.97 Å². The van der Waals surface area contributed by atoms with Crippen LogP contribution in [0.25, 0.3) is 0 Å². The van der Waals surface area contributed by atoms with Crippen LogP contribution in [0, 0.1) is 20.2 Å². The van der Waals surface area contributed by atoms with E-state index in [0.717, 1.165) is 6.07 Å². The highest BCUT2D eigenvalue weighted by atomic mass is 16.6. The van der Waals surface area contributed by atoms with Crippen molar-refractivity contribution in [1.82, 2.24) is 0 Å². The normalized spacial score (nSPS) is 10.0. The van der Waals surface area contributed by atoms with Gasteiger partial charge in [0.1, 0.15) is 12.3 Å². The third-order valence-electron chi connectivity index (χ3n) is 3.22. The molecule has 0 aliphatic carbocycles. The van der Waals surface area contributed by atoms with Crippen molar-refractivity contribution in [2.75, 3.05) is 12.4 Å². The SMILES string of the molecule is CNc1ccc(C(=O)OCc2ccc([N+](=O)[O-])cc2)cc1[N+](=O)[O-]. The Balaban J connectivity index is 2.08. The number of benzene rings is 2. The number of nitrogens with one attached hydrogen (secondary N) is 1. The number of hydrogen-bond donors (Lipinski definition) is 1. The zero-order valence-corrected chi connectivity index (χ0v) is 12.6. The molecular weight excluding hydrogens is 318 g/mol. The second-order valence-electron chi connectivity index (χ2n) is 4.74. The third kappa shape index (κ3) is 3.83. The highest BCUT2D eigenvalue weighted by Crippen LogP contribution is 2.25. The van der Waals surface area contributed by atoms with Crippen LogP contribution >= 0.6 is 0 Å². The lowest BCUT2D eigenvalue weighted by atomic mass is 10.1. The molecule has 9 heteroatoms. The summed E-state index contributed by atoms with van der Waals surface area (Å²) in [6.07, 6.45) is 0. The molecule has 0 heterocycles. The molecular formula is C15H13N3O6. The number of nitrogens with zero attached hydrogens (tertiary/aromatic N) is 2. The molecule has 0 aliphatic rings. The van der Waals surface area contributed by atoms with E-state index >= 15 is 0 Å². The summed E-state index contributed by atoms with van der Waals surface area (Å²) in [5.41, 5.74) is 0.593.